The molecule has 4 fully saturated rings. The summed E-state index contributed by atoms with van der Waals surface area (Å²) in [6.07, 6.45) is 6.66. The smallest absolute Gasteiger partial charge is 0.272 e. The fourth-order valence-corrected chi connectivity index (χ4v) is 6.56. The largest absolute Gasteiger partial charge is 0.493 e. The second-order valence-electron chi connectivity index (χ2n) is 11.3. The standard InChI is InChI=1S/C29H36N6O4/c1-33-14-16-34(17-15-33)27(37)28-7-10-29(11-8-28,12-9-28)31-26(36)21-19-25-30-13-6-22(35(25)32-21)20-4-5-23(38-2)24(18-20)39-3/h4-6,13,18-19H,7-12,14-17H2,1-3H3,(H,31,36). The van der Waals surface area contributed by atoms with Gasteiger partial charge in [-0.3, -0.25) is 9.59 Å². The van der Waals surface area contributed by atoms with E-state index in [0.717, 1.165) is 76.0 Å². The number of rotatable bonds is 6. The predicted molar refractivity (Wildman–Crippen MR) is 146 cm³/mol. The summed E-state index contributed by atoms with van der Waals surface area (Å²) in [4.78, 5) is 35.7. The van der Waals surface area contributed by atoms with Crippen LogP contribution in [0.2, 0.25) is 0 Å². The molecule has 0 unspecified atom stereocenters. The zero-order valence-electron chi connectivity index (χ0n) is 22.9. The molecule has 10 heteroatoms. The van der Waals surface area contributed by atoms with Crippen molar-refractivity contribution in [1.29, 1.82) is 0 Å². The molecule has 0 spiro atoms. The van der Waals surface area contributed by atoms with Crippen LogP contribution in [0.1, 0.15) is 49.0 Å². The van der Waals surface area contributed by atoms with Gasteiger partial charge in [0, 0.05) is 55.0 Å². The molecule has 3 aliphatic carbocycles. The van der Waals surface area contributed by atoms with Gasteiger partial charge < -0.3 is 24.6 Å². The molecule has 1 aromatic carbocycles. The first-order chi connectivity index (χ1) is 18.9. The Morgan fingerprint density at radius 2 is 1.59 bits per heavy atom. The van der Waals surface area contributed by atoms with Crippen LogP contribution in [0, 0.1) is 5.41 Å². The number of piperazine rings is 1. The Balaban J connectivity index is 1.18. The number of hydrogen-bond donors (Lipinski definition) is 1. The highest BCUT2D eigenvalue weighted by atomic mass is 16.5. The van der Waals surface area contributed by atoms with E-state index >= 15 is 0 Å². The van der Waals surface area contributed by atoms with Gasteiger partial charge in [0.2, 0.25) is 5.91 Å². The van der Waals surface area contributed by atoms with Crippen LogP contribution in [0.15, 0.2) is 36.5 Å². The lowest BCUT2D eigenvalue weighted by Gasteiger charge is -2.54. The van der Waals surface area contributed by atoms with Crippen LogP contribution in [-0.4, -0.2) is 89.2 Å². The van der Waals surface area contributed by atoms with E-state index < -0.39 is 0 Å². The van der Waals surface area contributed by atoms with Gasteiger partial charge in [-0.25, -0.2) is 9.50 Å². The number of methoxy groups -OCH3 is 2. The van der Waals surface area contributed by atoms with Gasteiger partial charge in [-0.2, -0.15) is 5.10 Å². The summed E-state index contributed by atoms with van der Waals surface area (Å²) in [5.74, 6) is 1.38. The Hall–Kier alpha value is -3.66. The van der Waals surface area contributed by atoms with Crippen molar-refractivity contribution in [2.75, 3.05) is 47.4 Å². The van der Waals surface area contributed by atoms with Crippen LogP contribution in [0.3, 0.4) is 0 Å². The quantitative estimate of drug-likeness (QED) is 0.521. The van der Waals surface area contributed by atoms with E-state index in [-0.39, 0.29) is 16.9 Å². The molecule has 1 aliphatic heterocycles. The number of fused-ring (bicyclic) bond motifs is 4. The number of hydrogen-bond acceptors (Lipinski definition) is 7. The third-order valence-electron chi connectivity index (χ3n) is 9.14. The summed E-state index contributed by atoms with van der Waals surface area (Å²) in [5.41, 5.74) is 2.05. The molecular formula is C29H36N6O4. The summed E-state index contributed by atoms with van der Waals surface area (Å²) in [5, 5.41) is 7.97. The van der Waals surface area contributed by atoms with Crippen molar-refractivity contribution in [2.45, 2.75) is 44.1 Å². The molecular weight excluding hydrogens is 496 g/mol. The Bertz CT molecular complexity index is 1390. The third kappa shape index (κ3) is 4.50. The van der Waals surface area contributed by atoms with Crippen molar-refractivity contribution in [3.8, 4) is 22.8 Å². The monoisotopic (exact) mass is 532 g/mol. The number of benzene rings is 1. The third-order valence-corrected chi connectivity index (χ3v) is 9.14. The van der Waals surface area contributed by atoms with Crippen molar-refractivity contribution in [3.05, 3.63) is 42.2 Å². The second kappa shape index (κ2) is 9.82. The molecule has 1 N–H and O–H groups in total. The molecule has 3 saturated carbocycles. The molecule has 2 amide bonds. The molecule has 10 nitrogen and oxygen atoms in total. The van der Waals surface area contributed by atoms with Gasteiger partial charge in [0.1, 0.15) is 0 Å². The molecule has 206 valence electrons. The number of carbonyl (C=O) groups excluding carboxylic acids is 2. The first-order valence-corrected chi connectivity index (χ1v) is 13.7. The van der Waals surface area contributed by atoms with E-state index in [9.17, 15) is 9.59 Å². The number of likely N-dealkylation sites (N-methyl/N-ethyl adjacent to an activating group) is 1. The molecule has 39 heavy (non-hydrogen) atoms. The average Bonchev–Trinajstić information content (AvgIpc) is 3.43. The Morgan fingerprint density at radius 3 is 2.26 bits per heavy atom. The van der Waals surface area contributed by atoms with E-state index in [1.54, 1.807) is 31.0 Å². The molecule has 2 bridgehead atoms. The Morgan fingerprint density at radius 1 is 0.897 bits per heavy atom. The van der Waals surface area contributed by atoms with E-state index in [1.165, 1.54) is 0 Å². The number of aromatic nitrogens is 3. The minimum atomic E-state index is -0.281. The summed E-state index contributed by atoms with van der Waals surface area (Å²) >= 11 is 0. The molecule has 0 atom stereocenters. The molecule has 4 aliphatic rings. The number of ether oxygens (including phenoxy) is 2. The molecule has 0 radical (unpaired) electrons. The summed E-state index contributed by atoms with van der Waals surface area (Å²) in [6, 6.07) is 9.24. The highest BCUT2D eigenvalue weighted by molar-refractivity contribution is 5.94. The van der Waals surface area contributed by atoms with Crippen LogP contribution < -0.4 is 14.8 Å². The van der Waals surface area contributed by atoms with E-state index in [1.807, 2.05) is 24.3 Å². The van der Waals surface area contributed by atoms with Crippen LogP contribution >= 0.6 is 0 Å². The number of carbonyl (C=O) groups is 2. The molecule has 1 saturated heterocycles. The fourth-order valence-electron chi connectivity index (χ4n) is 6.56. The molecule has 3 aromatic rings. The van der Waals surface area contributed by atoms with Crippen molar-refractivity contribution >= 4 is 17.5 Å². The highest BCUT2D eigenvalue weighted by Gasteiger charge is 2.54. The maximum Gasteiger partial charge on any atom is 0.272 e. The zero-order chi connectivity index (χ0) is 27.2. The lowest BCUT2D eigenvalue weighted by molar-refractivity contribution is -0.151. The van der Waals surface area contributed by atoms with Crippen LogP contribution in [0.4, 0.5) is 0 Å². The summed E-state index contributed by atoms with van der Waals surface area (Å²) < 4.78 is 12.5. The number of amides is 2. The van der Waals surface area contributed by atoms with Gasteiger partial charge in [-0.15, -0.1) is 0 Å². The Labute approximate surface area is 228 Å². The topological polar surface area (TPSA) is 101 Å². The van der Waals surface area contributed by atoms with Gasteiger partial charge in [0.15, 0.2) is 22.8 Å². The Kier molecular flexibility index (Phi) is 6.45. The van der Waals surface area contributed by atoms with Gasteiger partial charge in [0.25, 0.3) is 5.91 Å². The van der Waals surface area contributed by atoms with Gasteiger partial charge >= 0.3 is 0 Å². The predicted octanol–water partition coefficient (Wildman–Crippen LogP) is 3.01. The van der Waals surface area contributed by atoms with E-state index in [0.29, 0.717) is 28.7 Å². The number of nitrogens with one attached hydrogen (secondary N) is 1. The summed E-state index contributed by atoms with van der Waals surface area (Å²) in [7, 11) is 5.31. The van der Waals surface area contributed by atoms with Crippen molar-refractivity contribution in [3.63, 3.8) is 0 Å². The van der Waals surface area contributed by atoms with Crippen LogP contribution in [0.5, 0.6) is 11.5 Å². The van der Waals surface area contributed by atoms with Gasteiger partial charge in [-0.05, 0) is 69.8 Å². The van der Waals surface area contributed by atoms with E-state index in [4.69, 9.17) is 9.47 Å². The fraction of sp³-hybridized carbons (Fsp3) is 0.517. The zero-order valence-corrected chi connectivity index (χ0v) is 22.9. The maximum atomic E-state index is 13.5. The van der Waals surface area contributed by atoms with Crippen molar-refractivity contribution < 1.29 is 19.1 Å². The minimum Gasteiger partial charge on any atom is -0.493 e. The lowest BCUT2D eigenvalue weighted by Crippen LogP contribution is -2.61. The molecule has 3 heterocycles. The second-order valence-corrected chi connectivity index (χ2v) is 11.3. The molecule has 7 rings (SSSR count). The van der Waals surface area contributed by atoms with E-state index in [2.05, 4.69) is 32.2 Å². The lowest BCUT2D eigenvalue weighted by atomic mass is 9.56. The first kappa shape index (κ1) is 25.6. The highest BCUT2D eigenvalue weighted by Crippen LogP contribution is 2.53. The van der Waals surface area contributed by atoms with Gasteiger partial charge in [0.05, 0.1) is 19.9 Å². The van der Waals surface area contributed by atoms with Crippen LogP contribution in [0.25, 0.3) is 16.9 Å². The number of nitrogens with zero attached hydrogens (tertiary/aromatic N) is 5. The minimum absolute atomic E-state index is 0.196. The summed E-state index contributed by atoms with van der Waals surface area (Å²) in [6.45, 7) is 3.49. The first-order valence-electron chi connectivity index (χ1n) is 13.7. The normalized spacial score (nSPS) is 25.1. The molecule has 2 aromatic heterocycles. The average molecular weight is 533 g/mol. The van der Waals surface area contributed by atoms with Crippen LogP contribution in [-0.2, 0) is 4.79 Å². The van der Waals surface area contributed by atoms with Crippen molar-refractivity contribution in [1.82, 2.24) is 29.7 Å². The van der Waals surface area contributed by atoms with Gasteiger partial charge in [-0.1, -0.05) is 0 Å². The van der Waals surface area contributed by atoms with Crippen molar-refractivity contribution in [2.24, 2.45) is 5.41 Å². The maximum absolute atomic E-state index is 13.5. The SMILES string of the molecule is COc1ccc(-c2ccnc3cc(C(=O)NC45CCC(C(=O)N6CCN(C)CC6)(CC4)CC5)nn23)cc1OC.